The first-order chi connectivity index (χ1) is 4.33. The molecule has 0 bridgehead atoms. The van der Waals surface area contributed by atoms with E-state index < -0.39 is 7.56 Å². The van der Waals surface area contributed by atoms with Crippen LogP contribution in [0, 0.1) is 10.9 Å². The second-order valence-corrected chi connectivity index (χ2v) is 4.33. The summed E-state index contributed by atoms with van der Waals surface area (Å²) in [5.74, 6) is 0.246. The maximum Gasteiger partial charge on any atom is 0.123 e. The molecule has 1 aliphatic rings. The van der Waals surface area contributed by atoms with Crippen LogP contribution < -0.4 is 0 Å². The number of aldehydes is 1. The van der Waals surface area contributed by atoms with Crippen molar-refractivity contribution in [2.24, 2.45) is 5.92 Å². The van der Waals surface area contributed by atoms with Crippen LogP contribution in [-0.2, 0) is 4.79 Å². The monoisotopic (exact) mass is 143 g/mol. The highest BCUT2D eigenvalue weighted by Crippen LogP contribution is 2.29. The minimum Gasteiger partial charge on any atom is -0.303 e. The second kappa shape index (κ2) is 3.00. The molecule has 0 aromatic rings. The predicted octanol–water partition coefficient (Wildman–Crippen LogP) is 1.56. The maximum absolute atomic E-state index is 10.2. The Balaban J connectivity index is 2.37. The average molecular weight is 143 g/mol. The standard InChI is InChI=1S/C6H10NOP/c7-9-3-1-6(5-8)2-4-9/h5-6H,1-4H2. The lowest BCUT2D eigenvalue weighted by Gasteiger charge is -2.13. The zero-order valence-corrected chi connectivity index (χ0v) is 6.18. The Kier molecular flexibility index (Phi) is 2.27. The van der Waals surface area contributed by atoms with Crippen LogP contribution in [0.5, 0.6) is 0 Å². The highest BCUT2D eigenvalue weighted by Gasteiger charge is 2.15. The molecule has 0 aliphatic carbocycles. The van der Waals surface area contributed by atoms with Gasteiger partial charge in [-0.2, -0.15) is 0 Å². The molecule has 0 N–H and O–H groups in total. The first kappa shape index (κ1) is 6.80. The molecule has 1 fully saturated rings. The smallest absolute Gasteiger partial charge is 0.123 e. The van der Waals surface area contributed by atoms with Crippen LogP contribution in [0.4, 0.5) is 0 Å². The van der Waals surface area contributed by atoms with Gasteiger partial charge in [-0.3, -0.25) is 0 Å². The van der Waals surface area contributed by atoms with E-state index >= 15 is 0 Å². The molecular weight excluding hydrogens is 133 g/mol. The number of hydrogen-bond acceptors (Lipinski definition) is 2. The van der Waals surface area contributed by atoms with Crippen molar-refractivity contribution in [1.82, 2.24) is 0 Å². The van der Waals surface area contributed by atoms with Gasteiger partial charge in [-0.1, -0.05) is 0 Å². The zero-order chi connectivity index (χ0) is 6.69. The lowest BCUT2D eigenvalue weighted by Crippen LogP contribution is -2.09. The van der Waals surface area contributed by atoms with Gasteiger partial charge in [-0.05, 0) is 12.8 Å². The van der Waals surface area contributed by atoms with Crippen molar-refractivity contribution in [2.45, 2.75) is 12.8 Å². The van der Waals surface area contributed by atoms with E-state index in [-0.39, 0.29) is 5.92 Å². The van der Waals surface area contributed by atoms with Crippen LogP contribution in [0.1, 0.15) is 12.8 Å². The van der Waals surface area contributed by atoms with E-state index in [1.807, 2.05) is 0 Å². The van der Waals surface area contributed by atoms with Crippen molar-refractivity contribution in [3.63, 3.8) is 0 Å². The molecule has 0 unspecified atom stereocenters. The molecule has 0 aromatic heterocycles. The Morgan fingerprint density at radius 1 is 1.44 bits per heavy atom. The molecule has 1 rings (SSSR count). The van der Waals surface area contributed by atoms with Gasteiger partial charge in [-0.15, -0.1) is 0 Å². The van der Waals surface area contributed by atoms with E-state index in [0.29, 0.717) is 0 Å². The Labute approximate surface area is 55.6 Å². The summed E-state index contributed by atoms with van der Waals surface area (Å²) < 4.78 is 0. The van der Waals surface area contributed by atoms with E-state index in [1.54, 1.807) is 0 Å². The topological polar surface area (TPSA) is 40.9 Å². The summed E-state index contributed by atoms with van der Waals surface area (Å²) in [6, 6.07) is 0. The van der Waals surface area contributed by atoms with Crippen molar-refractivity contribution in [3.05, 3.63) is 0 Å². The lowest BCUT2D eigenvalue weighted by molar-refractivity contribution is -0.111. The summed E-state index contributed by atoms with van der Waals surface area (Å²) in [5, 5.41) is 9.07. The first-order valence-electron chi connectivity index (χ1n) is 3.22. The molecule has 9 heavy (non-hydrogen) atoms. The van der Waals surface area contributed by atoms with Gasteiger partial charge in [0.05, 0.1) is 0 Å². The Morgan fingerprint density at radius 3 is 2.44 bits per heavy atom. The number of carbonyl (C=O) groups is 1. The molecule has 1 aliphatic heterocycles. The summed E-state index contributed by atoms with van der Waals surface area (Å²) in [6.07, 6.45) is 4.58. The summed E-state index contributed by atoms with van der Waals surface area (Å²) in [5.41, 5.74) is 0. The van der Waals surface area contributed by atoms with Crippen molar-refractivity contribution < 1.29 is 4.79 Å². The van der Waals surface area contributed by atoms with Crippen molar-refractivity contribution in [3.8, 4) is 0 Å². The van der Waals surface area contributed by atoms with Crippen molar-refractivity contribution in [1.29, 1.82) is 5.00 Å². The fourth-order valence-corrected chi connectivity index (χ4v) is 2.50. The molecular formula is C6H10NOP. The molecule has 0 spiro atoms. The summed E-state index contributed by atoms with van der Waals surface area (Å²) in [7, 11) is -0.683. The number of hydrogen-bond donors (Lipinski definition) is 0. The molecule has 1 heterocycles. The molecule has 0 aromatic carbocycles. The molecule has 0 amide bonds. The van der Waals surface area contributed by atoms with Gasteiger partial charge in [0.2, 0.25) is 0 Å². The summed E-state index contributed by atoms with van der Waals surface area (Å²) in [6.45, 7) is 0. The van der Waals surface area contributed by atoms with Crippen LogP contribution in [0.3, 0.4) is 0 Å². The number of nitrogens with zero attached hydrogens (tertiary/aromatic N) is 1. The number of rotatable bonds is 1. The molecule has 1 saturated heterocycles. The maximum atomic E-state index is 10.2. The number of carbonyl (C=O) groups excluding carboxylic acids is 1. The third-order valence-corrected chi connectivity index (χ3v) is 3.26. The fourth-order valence-electron chi connectivity index (χ4n) is 1.02. The van der Waals surface area contributed by atoms with Gasteiger partial charge in [-0.25, -0.2) is 5.00 Å². The van der Waals surface area contributed by atoms with E-state index in [1.165, 1.54) is 0 Å². The van der Waals surface area contributed by atoms with Crippen LogP contribution in [0.25, 0.3) is 0 Å². The highest BCUT2D eigenvalue weighted by atomic mass is 31.1. The van der Waals surface area contributed by atoms with Crippen LogP contribution in [-0.4, -0.2) is 18.6 Å². The van der Waals surface area contributed by atoms with E-state index in [2.05, 4.69) is 0 Å². The van der Waals surface area contributed by atoms with Gasteiger partial charge in [0, 0.05) is 25.8 Å². The SMILES string of the molecule is N#P1CCC(C=O)CC1. The van der Waals surface area contributed by atoms with Crippen LogP contribution in [0.15, 0.2) is 0 Å². The minimum atomic E-state index is -0.683. The molecule has 0 saturated carbocycles. The lowest BCUT2D eigenvalue weighted by atomic mass is 10.1. The second-order valence-electron chi connectivity index (χ2n) is 2.43. The first-order valence-corrected chi connectivity index (χ1v) is 4.88. The predicted molar refractivity (Wildman–Crippen MR) is 37.2 cm³/mol. The molecule has 0 atom stereocenters. The Bertz CT molecular complexity index is 158. The molecule has 0 radical (unpaired) electrons. The van der Waals surface area contributed by atoms with E-state index in [9.17, 15) is 4.79 Å². The van der Waals surface area contributed by atoms with Gasteiger partial charge in [0.25, 0.3) is 0 Å². The van der Waals surface area contributed by atoms with Crippen LogP contribution in [0.2, 0.25) is 0 Å². The Hall–Kier alpha value is -0.320. The van der Waals surface area contributed by atoms with Crippen molar-refractivity contribution >= 4 is 13.8 Å². The summed E-state index contributed by atoms with van der Waals surface area (Å²) in [4.78, 5) is 10.2. The van der Waals surface area contributed by atoms with Gasteiger partial charge in [0.15, 0.2) is 0 Å². The quantitative estimate of drug-likeness (QED) is 0.412. The van der Waals surface area contributed by atoms with Gasteiger partial charge < -0.3 is 4.79 Å². The zero-order valence-electron chi connectivity index (χ0n) is 5.29. The van der Waals surface area contributed by atoms with Gasteiger partial charge in [0.1, 0.15) is 6.29 Å². The summed E-state index contributed by atoms with van der Waals surface area (Å²) >= 11 is 0. The van der Waals surface area contributed by atoms with Gasteiger partial charge >= 0.3 is 0 Å². The highest BCUT2D eigenvalue weighted by molar-refractivity contribution is 7.43. The third-order valence-electron chi connectivity index (χ3n) is 1.71. The normalized spacial score (nSPS) is 31.9. The third kappa shape index (κ3) is 1.82. The molecule has 50 valence electrons. The Morgan fingerprint density at radius 2 is 2.00 bits per heavy atom. The molecule has 2 nitrogen and oxygen atoms in total. The average Bonchev–Trinajstić information content (AvgIpc) is 1.90. The van der Waals surface area contributed by atoms with E-state index in [4.69, 9.17) is 5.00 Å². The van der Waals surface area contributed by atoms with Crippen LogP contribution >= 0.6 is 7.56 Å². The minimum absolute atomic E-state index is 0.246. The van der Waals surface area contributed by atoms with Crippen molar-refractivity contribution in [2.75, 3.05) is 12.3 Å². The molecule has 3 heteroatoms. The fraction of sp³-hybridized carbons (Fsp3) is 0.833. The largest absolute Gasteiger partial charge is 0.303 e. The van der Waals surface area contributed by atoms with E-state index in [0.717, 1.165) is 31.5 Å².